The highest BCUT2D eigenvalue weighted by Crippen LogP contribution is 2.27. The van der Waals surface area contributed by atoms with E-state index in [0.29, 0.717) is 48.8 Å². The second-order valence-electron chi connectivity index (χ2n) is 6.98. The zero-order valence-corrected chi connectivity index (χ0v) is 18.8. The number of nitrogens with zero attached hydrogens (tertiary/aromatic N) is 3. The molecule has 0 atom stereocenters. The number of guanidine groups is 1. The van der Waals surface area contributed by atoms with Crippen LogP contribution in [-0.2, 0) is 23.1 Å². The fourth-order valence-electron chi connectivity index (χ4n) is 3.09. The molecule has 0 saturated carbocycles. The summed E-state index contributed by atoms with van der Waals surface area (Å²) in [4.78, 5) is 9.77. The highest BCUT2D eigenvalue weighted by molar-refractivity contribution is 7.91. The minimum Gasteiger partial charge on any atom is -0.444 e. The van der Waals surface area contributed by atoms with Crippen LogP contribution in [0.3, 0.4) is 0 Å². The Morgan fingerprint density at radius 3 is 2.66 bits per heavy atom. The van der Waals surface area contributed by atoms with Crippen molar-refractivity contribution in [2.45, 2.75) is 57.3 Å². The van der Waals surface area contributed by atoms with Gasteiger partial charge in [0.15, 0.2) is 5.96 Å². The third-order valence-corrected chi connectivity index (χ3v) is 8.22. The summed E-state index contributed by atoms with van der Waals surface area (Å²) in [6.45, 7) is 8.56. The standard InChI is InChI=1S/C19H29N5O3S2/c1-4-20-19(22-13-17-23-14(2)15(3)27-17)21-12-16-8-9-18(28-16)29(25,26)24-10-6-5-7-11-24/h8-9H,4-7,10-13H2,1-3H3,(H2,20,21,22). The Bertz CT molecular complexity index is 923. The van der Waals surface area contributed by atoms with Gasteiger partial charge in [-0.25, -0.2) is 18.4 Å². The molecule has 1 saturated heterocycles. The van der Waals surface area contributed by atoms with Crippen LogP contribution in [-0.4, -0.2) is 43.3 Å². The molecular weight excluding hydrogens is 410 g/mol. The fraction of sp³-hybridized carbons (Fsp3) is 0.579. The molecule has 160 valence electrons. The third-order valence-electron chi connectivity index (χ3n) is 4.77. The van der Waals surface area contributed by atoms with Crippen LogP contribution < -0.4 is 10.6 Å². The number of aliphatic imine (C=N–C) groups is 1. The van der Waals surface area contributed by atoms with Crippen LogP contribution >= 0.6 is 11.3 Å². The lowest BCUT2D eigenvalue weighted by molar-refractivity contribution is 0.347. The molecule has 2 aromatic rings. The average molecular weight is 440 g/mol. The molecule has 0 bridgehead atoms. The molecule has 1 aliphatic heterocycles. The zero-order valence-electron chi connectivity index (χ0n) is 17.2. The van der Waals surface area contributed by atoms with Gasteiger partial charge < -0.3 is 15.1 Å². The first kappa shape index (κ1) is 21.8. The molecule has 29 heavy (non-hydrogen) atoms. The predicted molar refractivity (Wildman–Crippen MR) is 115 cm³/mol. The molecule has 0 amide bonds. The largest absolute Gasteiger partial charge is 0.444 e. The van der Waals surface area contributed by atoms with E-state index >= 15 is 0 Å². The Kier molecular flexibility index (Phi) is 7.31. The van der Waals surface area contributed by atoms with E-state index < -0.39 is 10.0 Å². The number of aryl methyl sites for hydroxylation is 2. The maximum Gasteiger partial charge on any atom is 0.252 e. The van der Waals surface area contributed by atoms with Crippen molar-refractivity contribution < 1.29 is 12.8 Å². The van der Waals surface area contributed by atoms with Crippen molar-refractivity contribution in [3.63, 3.8) is 0 Å². The number of aromatic nitrogens is 1. The number of sulfonamides is 1. The Balaban J connectivity index is 1.62. The lowest BCUT2D eigenvalue weighted by atomic mass is 10.2. The van der Waals surface area contributed by atoms with Crippen LogP contribution in [0, 0.1) is 13.8 Å². The van der Waals surface area contributed by atoms with Gasteiger partial charge in [-0.05, 0) is 45.7 Å². The summed E-state index contributed by atoms with van der Waals surface area (Å²) in [5.41, 5.74) is 0.870. The van der Waals surface area contributed by atoms with Gasteiger partial charge in [0.2, 0.25) is 5.89 Å². The van der Waals surface area contributed by atoms with E-state index in [1.165, 1.54) is 11.3 Å². The Hall–Kier alpha value is -1.91. The highest BCUT2D eigenvalue weighted by Gasteiger charge is 2.27. The summed E-state index contributed by atoms with van der Waals surface area (Å²) in [5.74, 6) is 2.01. The maximum atomic E-state index is 12.8. The van der Waals surface area contributed by atoms with Gasteiger partial charge in [-0.1, -0.05) is 6.42 Å². The van der Waals surface area contributed by atoms with E-state index in [2.05, 4.69) is 20.6 Å². The maximum absolute atomic E-state index is 12.8. The van der Waals surface area contributed by atoms with Gasteiger partial charge in [0.25, 0.3) is 10.0 Å². The number of thiophene rings is 1. The fourth-order valence-corrected chi connectivity index (χ4v) is 6.06. The summed E-state index contributed by atoms with van der Waals surface area (Å²) < 4.78 is 33.2. The molecular formula is C19H29N5O3S2. The first-order chi connectivity index (χ1) is 13.9. The van der Waals surface area contributed by atoms with Crippen LogP contribution in [0.25, 0.3) is 0 Å². The molecule has 0 radical (unpaired) electrons. The summed E-state index contributed by atoms with van der Waals surface area (Å²) in [7, 11) is -3.38. The highest BCUT2D eigenvalue weighted by atomic mass is 32.2. The van der Waals surface area contributed by atoms with Gasteiger partial charge in [0.05, 0.1) is 12.2 Å². The van der Waals surface area contributed by atoms with Crippen LogP contribution in [0.5, 0.6) is 0 Å². The van der Waals surface area contributed by atoms with Gasteiger partial charge >= 0.3 is 0 Å². The smallest absolute Gasteiger partial charge is 0.252 e. The van der Waals surface area contributed by atoms with Gasteiger partial charge in [0.1, 0.15) is 16.5 Å². The second kappa shape index (κ2) is 9.73. The second-order valence-corrected chi connectivity index (χ2v) is 10.3. The minimum absolute atomic E-state index is 0.336. The molecule has 2 aromatic heterocycles. The van der Waals surface area contributed by atoms with Crippen molar-refractivity contribution in [2.24, 2.45) is 4.99 Å². The molecule has 8 nitrogen and oxygen atoms in total. The monoisotopic (exact) mass is 439 g/mol. The van der Waals surface area contributed by atoms with Gasteiger partial charge in [-0.15, -0.1) is 11.3 Å². The van der Waals surface area contributed by atoms with Crippen LogP contribution in [0.1, 0.15) is 48.4 Å². The lowest BCUT2D eigenvalue weighted by Gasteiger charge is -2.25. The van der Waals surface area contributed by atoms with E-state index in [0.717, 1.165) is 35.6 Å². The van der Waals surface area contributed by atoms with Crippen molar-refractivity contribution in [2.75, 3.05) is 19.6 Å². The Labute approximate surface area is 176 Å². The Morgan fingerprint density at radius 1 is 1.24 bits per heavy atom. The summed E-state index contributed by atoms with van der Waals surface area (Å²) in [6, 6.07) is 3.56. The van der Waals surface area contributed by atoms with Crippen molar-refractivity contribution in [3.8, 4) is 0 Å². The number of hydrogen-bond donors (Lipinski definition) is 2. The summed E-state index contributed by atoms with van der Waals surface area (Å²) in [6.07, 6.45) is 2.97. The minimum atomic E-state index is -3.38. The molecule has 0 unspecified atom stereocenters. The average Bonchev–Trinajstić information content (AvgIpc) is 3.32. The van der Waals surface area contributed by atoms with Crippen molar-refractivity contribution in [1.29, 1.82) is 0 Å². The molecule has 3 rings (SSSR count). The number of hydrogen-bond acceptors (Lipinski definition) is 6. The van der Waals surface area contributed by atoms with Crippen molar-refractivity contribution >= 4 is 27.3 Å². The van der Waals surface area contributed by atoms with E-state index in [1.54, 1.807) is 10.4 Å². The number of oxazole rings is 1. The lowest BCUT2D eigenvalue weighted by Crippen LogP contribution is -2.36. The summed E-state index contributed by atoms with van der Waals surface area (Å²) >= 11 is 1.31. The normalized spacial score (nSPS) is 16.2. The molecule has 2 N–H and O–H groups in total. The first-order valence-electron chi connectivity index (χ1n) is 9.94. The molecule has 10 heteroatoms. The third kappa shape index (κ3) is 5.58. The quantitative estimate of drug-likeness (QED) is 0.508. The van der Waals surface area contributed by atoms with Crippen LogP contribution in [0.2, 0.25) is 0 Å². The molecule has 1 fully saturated rings. The molecule has 0 spiro atoms. The number of nitrogens with one attached hydrogen (secondary N) is 2. The molecule has 3 heterocycles. The van der Waals surface area contributed by atoms with E-state index in [-0.39, 0.29) is 0 Å². The van der Waals surface area contributed by atoms with Crippen LogP contribution in [0.4, 0.5) is 0 Å². The molecule has 1 aliphatic rings. The van der Waals surface area contributed by atoms with Crippen molar-refractivity contribution in [3.05, 3.63) is 34.4 Å². The number of piperidine rings is 1. The van der Waals surface area contributed by atoms with Crippen molar-refractivity contribution in [1.82, 2.24) is 19.9 Å². The number of rotatable bonds is 7. The first-order valence-corrected chi connectivity index (χ1v) is 12.2. The predicted octanol–water partition coefficient (Wildman–Crippen LogP) is 2.78. The van der Waals surface area contributed by atoms with E-state index in [4.69, 9.17) is 4.42 Å². The van der Waals surface area contributed by atoms with E-state index in [9.17, 15) is 8.42 Å². The molecule has 0 aromatic carbocycles. The van der Waals surface area contributed by atoms with Gasteiger partial charge in [-0.3, -0.25) is 0 Å². The molecule has 0 aliphatic carbocycles. The topological polar surface area (TPSA) is 99.8 Å². The Morgan fingerprint density at radius 2 is 2.00 bits per heavy atom. The summed E-state index contributed by atoms with van der Waals surface area (Å²) in [5, 5.41) is 6.43. The van der Waals surface area contributed by atoms with E-state index in [1.807, 2.05) is 26.8 Å². The zero-order chi connectivity index (χ0) is 20.9. The van der Waals surface area contributed by atoms with Gasteiger partial charge in [0, 0.05) is 24.5 Å². The van der Waals surface area contributed by atoms with Gasteiger partial charge in [-0.2, -0.15) is 4.31 Å². The SMILES string of the molecule is CCNC(=NCc1nc(C)c(C)o1)NCc1ccc(S(=O)(=O)N2CCCCC2)s1. The van der Waals surface area contributed by atoms with Crippen LogP contribution in [0.15, 0.2) is 25.8 Å².